The minimum absolute atomic E-state index is 0.0454. The number of epoxide rings is 2. The summed E-state index contributed by atoms with van der Waals surface area (Å²) in [4.78, 5) is 12.8. The van der Waals surface area contributed by atoms with Crippen molar-refractivity contribution >= 4 is 5.97 Å². The van der Waals surface area contributed by atoms with Gasteiger partial charge in [-0.3, -0.25) is 4.79 Å². The Balaban J connectivity index is 0.952. The highest BCUT2D eigenvalue weighted by molar-refractivity contribution is 5.75. The van der Waals surface area contributed by atoms with Gasteiger partial charge in [-0.25, -0.2) is 0 Å². The Kier molecular flexibility index (Phi) is 6.93. The first-order valence-corrected chi connectivity index (χ1v) is 13.8. The lowest BCUT2D eigenvalue weighted by Gasteiger charge is -2.37. The highest BCUT2D eigenvalue weighted by Crippen LogP contribution is 2.43. The molecule has 2 saturated heterocycles. The fourth-order valence-electron chi connectivity index (χ4n) is 6.49. The molecule has 2 aromatic carbocycles. The lowest BCUT2D eigenvalue weighted by molar-refractivity contribution is -0.140. The summed E-state index contributed by atoms with van der Waals surface area (Å²) in [6, 6.07) is 16.6. The molecular weight excluding hydrogens is 436 g/mol. The van der Waals surface area contributed by atoms with Crippen LogP contribution >= 0.6 is 0 Å². The van der Waals surface area contributed by atoms with E-state index in [1.54, 1.807) is 0 Å². The third-order valence-corrected chi connectivity index (χ3v) is 8.89. The Morgan fingerprint density at radius 3 is 1.83 bits per heavy atom. The normalized spacial score (nSPS) is 32.1. The summed E-state index contributed by atoms with van der Waals surface area (Å²) in [7, 11) is 0. The minimum atomic E-state index is -0.0454. The van der Waals surface area contributed by atoms with Gasteiger partial charge in [0, 0.05) is 6.42 Å². The molecule has 4 heteroatoms. The first-order chi connectivity index (χ1) is 17.2. The topological polar surface area (TPSA) is 51.4 Å². The molecule has 4 aliphatic rings. The van der Waals surface area contributed by atoms with Gasteiger partial charge in [-0.15, -0.1) is 0 Å². The predicted molar refractivity (Wildman–Crippen MR) is 136 cm³/mol. The monoisotopic (exact) mass is 474 g/mol. The van der Waals surface area contributed by atoms with Gasteiger partial charge < -0.3 is 14.2 Å². The summed E-state index contributed by atoms with van der Waals surface area (Å²) in [6.07, 6.45) is 13.1. The van der Waals surface area contributed by atoms with Crippen molar-refractivity contribution in [1.82, 2.24) is 0 Å². The van der Waals surface area contributed by atoms with Crippen molar-refractivity contribution in [2.24, 2.45) is 23.7 Å². The first kappa shape index (κ1) is 23.2. The quantitative estimate of drug-likeness (QED) is 0.246. The van der Waals surface area contributed by atoms with Crippen molar-refractivity contribution in [1.29, 1.82) is 0 Å². The van der Waals surface area contributed by atoms with Gasteiger partial charge in [-0.2, -0.15) is 0 Å². The molecule has 2 saturated carbocycles. The van der Waals surface area contributed by atoms with Crippen LogP contribution in [0.4, 0.5) is 0 Å². The zero-order chi connectivity index (χ0) is 23.6. The third kappa shape index (κ3) is 6.16. The second kappa shape index (κ2) is 10.4. The average Bonchev–Trinajstić information content (AvgIpc) is 3.84. The van der Waals surface area contributed by atoms with Crippen LogP contribution in [-0.4, -0.2) is 31.4 Å². The fraction of sp³-hybridized carbons (Fsp3) is 0.581. The van der Waals surface area contributed by atoms with Gasteiger partial charge in [-0.1, -0.05) is 49.2 Å². The second-order valence-corrected chi connectivity index (χ2v) is 11.4. The van der Waals surface area contributed by atoms with Crippen molar-refractivity contribution in [3.63, 3.8) is 0 Å². The van der Waals surface area contributed by atoms with Crippen LogP contribution in [0.1, 0.15) is 63.4 Å². The number of ether oxygens (including phenoxy) is 3. The SMILES string of the molecule is O=C(Oc1ccc(-c2ccc(CC3CO3)cc2)cc1)C1CCC(C2CCC(CC3CO3)CC2)CC1. The van der Waals surface area contributed by atoms with Crippen LogP contribution in [0.25, 0.3) is 11.1 Å². The molecule has 0 amide bonds. The van der Waals surface area contributed by atoms with E-state index in [4.69, 9.17) is 14.2 Å². The maximum Gasteiger partial charge on any atom is 0.314 e. The molecule has 4 fully saturated rings. The molecule has 4 nitrogen and oxygen atoms in total. The molecule has 35 heavy (non-hydrogen) atoms. The van der Waals surface area contributed by atoms with E-state index in [9.17, 15) is 4.79 Å². The molecular formula is C31H38O4. The minimum Gasteiger partial charge on any atom is -0.426 e. The number of benzene rings is 2. The number of rotatable bonds is 8. The van der Waals surface area contributed by atoms with E-state index in [-0.39, 0.29) is 11.9 Å². The number of carbonyl (C=O) groups excluding carboxylic acids is 1. The maximum absolute atomic E-state index is 12.8. The number of esters is 1. The third-order valence-electron chi connectivity index (χ3n) is 8.89. The summed E-state index contributed by atoms with van der Waals surface area (Å²) in [5.74, 6) is 3.22. The summed E-state index contributed by atoms with van der Waals surface area (Å²) in [6.45, 7) is 1.88. The fourth-order valence-corrected chi connectivity index (χ4v) is 6.49. The molecule has 6 rings (SSSR count). The number of hydrogen-bond acceptors (Lipinski definition) is 4. The standard InChI is InChI=1S/C31H38O4/c32-31(27-11-9-25(10-12-27)23-5-1-21(2-6-23)17-29-19-33-29)35-28-15-13-26(14-16-28)24-7-3-22(4-8-24)18-30-20-34-30/h3-4,7-8,13-16,21,23,25,27,29-30H,1-2,5-6,9-12,17-20H2. The molecule has 2 aliphatic carbocycles. The Hall–Kier alpha value is -2.17. The smallest absolute Gasteiger partial charge is 0.314 e. The first-order valence-electron chi connectivity index (χ1n) is 13.8. The van der Waals surface area contributed by atoms with Crippen LogP contribution in [0.5, 0.6) is 5.75 Å². The van der Waals surface area contributed by atoms with Crippen LogP contribution in [0, 0.1) is 23.7 Å². The van der Waals surface area contributed by atoms with Gasteiger partial charge in [0.05, 0.1) is 31.3 Å². The van der Waals surface area contributed by atoms with Gasteiger partial charge in [0.1, 0.15) is 5.75 Å². The lowest BCUT2D eigenvalue weighted by atomic mass is 9.68. The Morgan fingerprint density at radius 2 is 1.26 bits per heavy atom. The van der Waals surface area contributed by atoms with Crippen LogP contribution in [-0.2, 0) is 20.7 Å². The van der Waals surface area contributed by atoms with E-state index in [1.807, 2.05) is 24.3 Å². The van der Waals surface area contributed by atoms with Gasteiger partial charge in [0.25, 0.3) is 0 Å². The molecule has 2 atom stereocenters. The second-order valence-electron chi connectivity index (χ2n) is 11.4. The highest BCUT2D eigenvalue weighted by atomic mass is 16.6. The van der Waals surface area contributed by atoms with Crippen LogP contribution in [0.2, 0.25) is 0 Å². The average molecular weight is 475 g/mol. The maximum atomic E-state index is 12.8. The molecule has 0 bridgehead atoms. The molecule has 2 heterocycles. The largest absolute Gasteiger partial charge is 0.426 e. The van der Waals surface area contributed by atoms with Crippen molar-refractivity contribution < 1.29 is 19.0 Å². The lowest BCUT2D eigenvalue weighted by Crippen LogP contribution is -2.30. The number of hydrogen-bond donors (Lipinski definition) is 0. The van der Waals surface area contributed by atoms with Gasteiger partial charge in [-0.05, 0) is 91.5 Å². The van der Waals surface area contributed by atoms with Crippen LogP contribution in [0.3, 0.4) is 0 Å². The molecule has 0 N–H and O–H groups in total. The summed E-state index contributed by atoms with van der Waals surface area (Å²) < 4.78 is 16.5. The highest BCUT2D eigenvalue weighted by Gasteiger charge is 2.35. The number of carbonyl (C=O) groups is 1. The molecule has 0 aromatic heterocycles. The van der Waals surface area contributed by atoms with Crippen molar-refractivity contribution in [2.45, 2.75) is 76.4 Å². The van der Waals surface area contributed by atoms with E-state index in [1.165, 1.54) is 56.1 Å². The van der Waals surface area contributed by atoms with Crippen molar-refractivity contribution in [3.8, 4) is 16.9 Å². The Morgan fingerprint density at radius 1 is 0.714 bits per heavy atom. The molecule has 0 radical (unpaired) electrons. The van der Waals surface area contributed by atoms with Gasteiger partial charge in [0.15, 0.2) is 0 Å². The Labute approximate surface area is 209 Å². The van der Waals surface area contributed by atoms with E-state index in [2.05, 4.69) is 24.3 Å². The molecule has 2 aromatic rings. The summed E-state index contributed by atoms with van der Waals surface area (Å²) in [5, 5.41) is 0. The molecule has 2 unspecified atom stereocenters. The summed E-state index contributed by atoms with van der Waals surface area (Å²) >= 11 is 0. The van der Waals surface area contributed by atoms with E-state index < -0.39 is 0 Å². The molecule has 186 valence electrons. The molecule has 2 aliphatic heterocycles. The van der Waals surface area contributed by atoms with Crippen molar-refractivity contribution in [2.75, 3.05) is 13.2 Å². The Bertz CT molecular complexity index is 974. The van der Waals surface area contributed by atoms with E-state index >= 15 is 0 Å². The van der Waals surface area contributed by atoms with Gasteiger partial charge >= 0.3 is 5.97 Å². The molecule has 0 spiro atoms. The zero-order valence-corrected chi connectivity index (χ0v) is 20.7. The van der Waals surface area contributed by atoms with Crippen LogP contribution < -0.4 is 4.74 Å². The van der Waals surface area contributed by atoms with Crippen molar-refractivity contribution in [3.05, 3.63) is 54.1 Å². The zero-order valence-electron chi connectivity index (χ0n) is 20.7. The predicted octanol–water partition coefficient (Wildman–Crippen LogP) is 6.60. The van der Waals surface area contributed by atoms with Crippen LogP contribution in [0.15, 0.2) is 48.5 Å². The summed E-state index contributed by atoms with van der Waals surface area (Å²) in [5.41, 5.74) is 3.63. The van der Waals surface area contributed by atoms with E-state index in [0.717, 1.165) is 55.8 Å². The van der Waals surface area contributed by atoms with Gasteiger partial charge in [0.2, 0.25) is 0 Å². The van der Waals surface area contributed by atoms with E-state index in [0.29, 0.717) is 18.0 Å².